The van der Waals surface area contributed by atoms with Crippen LogP contribution in [0.2, 0.25) is 0 Å². The minimum absolute atomic E-state index is 0.947. The van der Waals surface area contributed by atoms with Crippen LogP contribution in [0.5, 0.6) is 0 Å². The Balaban J connectivity index is 1.74. The van der Waals surface area contributed by atoms with E-state index in [0.717, 1.165) is 32.7 Å². The van der Waals surface area contributed by atoms with Crippen molar-refractivity contribution >= 4 is 5.69 Å². The first-order valence-corrected chi connectivity index (χ1v) is 9.92. The average Bonchev–Trinajstić information content (AvgIpc) is 2.72. The van der Waals surface area contributed by atoms with E-state index in [1.54, 1.807) is 0 Å². The number of nitrogens with zero attached hydrogens (tertiary/aromatic N) is 2. The minimum Gasteiger partial charge on any atom is -0.372 e. The normalized spacial score (nSPS) is 10.9. The molecule has 3 rings (SSSR count). The zero-order valence-electron chi connectivity index (χ0n) is 16.5. The smallest absolute Gasteiger partial charge is 0.0366 e. The lowest BCUT2D eigenvalue weighted by Gasteiger charge is -2.24. The minimum atomic E-state index is 0.947. The summed E-state index contributed by atoms with van der Waals surface area (Å²) in [6.07, 6.45) is 0. The Morgan fingerprint density at radius 1 is 0.519 bits per heavy atom. The first-order chi connectivity index (χ1) is 13.3. The van der Waals surface area contributed by atoms with Crippen LogP contribution in [0.1, 0.15) is 30.5 Å². The first kappa shape index (κ1) is 19.2. The summed E-state index contributed by atoms with van der Waals surface area (Å²) in [7, 11) is 0. The van der Waals surface area contributed by atoms with Crippen LogP contribution >= 0.6 is 0 Å². The van der Waals surface area contributed by atoms with Gasteiger partial charge in [-0.1, -0.05) is 72.8 Å². The molecule has 0 aliphatic carbocycles. The maximum atomic E-state index is 2.51. The molecule has 0 radical (unpaired) electrons. The van der Waals surface area contributed by atoms with Gasteiger partial charge >= 0.3 is 0 Å². The number of anilines is 1. The summed E-state index contributed by atoms with van der Waals surface area (Å²) in [5.41, 5.74) is 5.38. The van der Waals surface area contributed by atoms with E-state index in [2.05, 4.69) is 109 Å². The highest BCUT2D eigenvalue weighted by molar-refractivity contribution is 5.47. The van der Waals surface area contributed by atoms with E-state index in [-0.39, 0.29) is 0 Å². The number of benzene rings is 3. The van der Waals surface area contributed by atoms with Crippen molar-refractivity contribution in [3.63, 3.8) is 0 Å². The van der Waals surface area contributed by atoms with Crippen LogP contribution in [0, 0.1) is 0 Å². The second-order valence-corrected chi connectivity index (χ2v) is 6.96. The molecule has 0 amide bonds. The molecule has 0 heterocycles. The van der Waals surface area contributed by atoms with Crippen molar-refractivity contribution in [2.24, 2.45) is 0 Å². The third-order valence-corrected chi connectivity index (χ3v) is 4.97. The Bertz CT molecular complexity index is 736. The summed E-state index contributed by atoms with van der Waals surface area (Å²) in [5, 5.41) is 0. The molecule has 0 spiro atoms. The van der Waals surface area contributed by atoms with E-state index >= 15 is 0 Å². The zero-order chi connectivity index (χ0) is 18.9. The molecule has 0 saturated heterocycles. The highest BCUT2D eigenvalue weighted by Crippen LogP contribution is 2.18. The molecule has 0 unspecified atom stereocenters. The van der Waals surface area contributed by atoms with Crippen molar-refractivity contribution in [1.29, 1.82) is 0 Å². The van der Waals surface area contributed by atoms with Gasteiger partial charge in [-0.2, -0.15) is 0 Å². The molecule has 0 bridgehead atoms. The van der Waals surface area contributed by atoms with Gasteiger partial charge in [-0.05, 0) is 42.7 Å². The molecular weight excluding hydrogens is 328 g/mol. The van der Waals surface area contributed by atoms with Crippen molar-refractivity contribution in [2.75, 3.05) is 18.0 Å². The lowest BCUT2D eigenvalue weighted by Crippen LogP contribution is -2.23. The molecule has 0 saturated carbocycles. The highest BCUT2D eigenvalue weighted by Gasteiger charge is 2.09. The van der Waals surface area contributed by atoms with E-state index in [1.807, 2.05) is 0 Å². The maximum Gasteiger partial charge on any atom is 0.0366 e. The van der Waals surface area contributed by atoms with Crippen LogP contribution in [0.25, 0.3) is 0 Å². The molecule has 3 aromatic carbocycles. The van der Waals surface area contributed by atoms with Crippen molar-refractivity contribution in [1.82, 2.24) is 4.90 Å². The van der Waals surface area contributed by atoms with E-state index in [4.69, 9.17) is 0 Å². The Morgan fingerprint density at radius 3 is 1.33 bits per heavy atom. The first-order valence-electron chi connectivity index (χ1n) is 9.92. The molecule has 0 aliphatic heterocycles. The van der Waals surface area contributed by atoms with Gasteiger partial charge in [0, 0.05) is 38.4 Å². The van der Waals surface area contributed by atoms with E-state index in [0.29, 0.717) is 0 Å². The zero-order valence-corrected chi connectivity index (χ0v) is 16.5. The van der Waals surface area contributed by atoms with E-state index in [9.17, 15) is 0 Å². The van der Waals surface area contributed by atoms with Gasteiger partial charge in [0.2, 0.25) is 0 Å². The van der Waals surface area contributed by atoms with Crippen molar-refractivity contribution in [3.8, 4) is 0 Å². The Morgan fingerprint density at radius 2 is 0.926 bits per heavy atom. The highest BCUT2D eigenvalue weighted by atomic mass is 15.1. The van der Waals surface area contributed by atoms with Crippen LogP contribution in [-0.4, -0.2) is 18.0 Å². The summed E-state index contributed by atoms with van der Waals surface area (Å²) < 4.78 is 0. The van der Waals surface area contributed by atoms with Crippen LogP contribution in [-0.2, 0) is 19.6 Å². The van der Waals surface area contributed by atoms with E-state index in [1.165, 1.54) is 22.4 Å². The third kappa shape index (κ3) is 5.70. The van der Waals surface area contributed by atoms with Crippen molar-refractivity contribution < 1.29 is 0 Å². The fraction of sp³-hybridized carbons (Fsp3) is 0.280. The van der Waals surface area contributed by atoms with Gasteiger partial charge < -0.3 is 4.90 Å². The number of rotatable bonds is 9. The van der Waals surface area contributed by atoms with Crippen molar-refractivity contribution in [3.05, 3.63) is 102 Å². The van der Waals surface area contributed by atoms with Gasteiger partial charge in [-0.15, -0.1) is 0 Å². The summed E-state index contributed by atoms with van der Waals surface area (Å²) in [5.74, 6) is 0. The monoisotopic (exact) mass is 358 g/mol. The third-order valence-electron chi connectivity index (χ3n) is 4.97. The van der Waals surface area contributed by atoms with Crippen LogP contribution in [0.15, 0.2) is 84.9 Å². The maximum absolute atomic E-state index is 2.51. The lowest BCUT2D eigenvalue weighted by molar-refractivity contribution is 0.248. The van der Waals surface area contributed by atoms with Gasteiger partial charge in [0.05, 0.1) is 0 Å². The molecule has 0 fully saturated rings. The topological polar surface area (TPSA) is 6.48 Å². The van der Waals surface area contributed by atoms with Gasteiger partial charge in [0.15, 0.2) is 0 Å². The molecule has 0 aliphatic rings. The summed E-state index contributed by atoms with van der Waals surface area (Å²) in [6, 6.07) is 30.5. The lowest BCUT2D eigenvalue weighted by atomic mass is 10.1. The number of hydrogen-bond donors (Lipinski definition) is 0. The Labute approximate surface area is 164 Å². The van der Waals surface area contributed by atoms with E-state index < -0.39 is 0 Å². The second kappa shape index (κ2) is 9.94. The fourth-order valence-corrected chi connectivity index (χ4v) is 3.51. The summed E-state index contributed by atoms with van der Waals surface area (Å²) in [6.45, 7) is 9.36. The molecule has 2 nitrogen and oxygen atoms in total. The molecular formula is C25H30N2. The predicted octanol–water partition coefficient (Wildman–Crippen LogP) is 5.74. The molecule has 140 valence electrons. The molecule has 0 atom stereocenters. The quantitative estimate of drug-likeness (QED) is 0.481. The average molecular weight is 359 g/mol. The SMILES string of the molecule is CCN(CC)c1ccc(CN(Cc2ccccc2)Cc2ccccc2)cc1. The molecule has 0 aromatic heterocycles. The largest absolute Gasteiger partial charge is 0.372 e. The summed E-state index contributed by atoms with van der Waals surface area (Å²) >= 11 is 0. The van der Waals surface area contributed by atoms with Crippen molar-refractivity contribution in [2.45, 2.75) is 33.5 Å². The number of hydrogen-bond acceptors (Lipinski definition) is 2. The molecule has 27 heavy (non-hydrogen) atoms. The molecule has 3 aromatic rings. The Hall–Kier alpha value is -2.58. The molecule has 2 heteroatoms. The van der Waals surface area contributed by atoms with Crippen LogP contribution in [0.3, 0.4) is 0 Å². The predicted molar refractivity (Wildman–Crippen MR) is 116 cm³/mol. The van der Waals surface area contributed by atoms with Gasteiger partial charge in [0.1, 0.15) is 0 Å². The van der Waals surface area contributed by atoms with Gasteiger partial charge in [-0.25, -0.2) is 0 Å². The fourth-order valence-electron chi connectivity index (χ4n) is 3.51. The Kier molecular flexibility index (Phi) is 7.06. The standard InChI is InChI=1S/C25H30N2/c1-3-27(4-2)25-17-15-24(16-18-25)21-26(19-22-11-7-5-8-12-22)20-23-13-9-6-10-14-23/h5-18H,3-4,19-21H2,1-2H3. The van der Waals surface area contributed by atoms with Crippen LogP contribution in [0.4, 0.5) is 5.69 Å². The van der Waals surface area contributed by atoms with Gasteiger partial charge in [-0.3, -0.25) is 4.90 Å². The second-order valence-electron chi connectivity index (χ2n) is 6.96. The molecule has 0 N–H and O–H groups in total. The van der Waals surface area contributed by atoms with Crippen LogP contribution < -0.4 is 4.90 Å². The van der Waals surface area contributed by atoms with Gasteiger partial charge in [0.25, 0.3) is 0 Å². The summed E-state index contributed by atoms with van der Waals surface area (Å²) in [4.78, 5) is 4.90.